The molecule has 5 aromatic rings. The van der Waals surface area contributed by atoms with E-state index in [1.807, 2.05) is 17.5 Å². The maximum atomic E-state index is 15.2. The molecule has 8 nitrogen and oxygen atoms in total. The minimum Gasteiger partial charge on any atom is -1.00 e. The fourth-order valence-electron chi connectivity index (χ4n) is 4.65. The number of hydrogen-bond acceptors (Lipinski definition) is 7. The molecule has 0 aliphatic heterocycles. The lowest BCUT2D eigenvalue weighted by molar-refractivity contribution is -0.689. The average molecular weight is 667 g/mol. The Bertz CT molecular complexity index is 1770. The van der Waals surface area contributed by atoms with Crippen molar-refractivity contribution in [2.45, 2.75) is 38.5 Å². The first-order valence-electron chi connectivity index (χ1n) is 13.0. The van der Waals surface area contributed by atoms with E-state index in [4.69, 9.17) is 15.0 Å². The molecule has 2 aromatic heterocycles. The van der Waals surface area contributed by atoms with Crippen molar-refractivity contribution in [1.29, 1.82) is 5.26 Å². The summed E-state index contributed by atoms with van der Waals surface area (Å²) in [6.07, 6.45) is 3.27. The molecule has 12 heteroatoms. The number of ether oxygens (including phenoxy) is 1. The van der Waals surface area contributed by atoms with Crippen LogP contribution in [0.3, 0.4) is 0 Å². The van der Waals surface area contributed by atoms with Gasteiger partial charge in [-0.2, -0.15) is 5.26 Å². The predicted octanol–water partition coefficient (Wildman–Crippen LogP) is 2.11. The summed E-state index contributed by atoms with van der Waals surface area (Å²) >= 11 is 1.32. The molecule has 0 aliphatic carbocycles. The summed E-state index contributed by atoms with van der Waals surface area (Å²) in [5.41, 5.74) is 0.988. The highest BCUT2D eigenvalue weighted by Crippen LogP contribution is 2.41. The quantitative estimate of drug-likeness (QED) is 0.147. The largest absolute Gasteiger partial charge is 1.00 e. The molecular formula is C31H26BrF2N5O3S. The van der Waals surface area contributed by atoms with Crippen LogP contribution in [-0.4, -0.2) is 25.8 Å². The highest BCUT2D eigenvalue weighted by atomic mass is 79.9. The molecule has 0 amide bonds. The normalized spacial score (nSPS) is 12.9. The van der Waals surface area contributed by atoms with Crippen molar-refractivity contribution < 1.29 is 45.0 Å². The highest BCUT2D eigenvalue weighted by molar-refractivity contribution is 7.10. The second kappa shape index (κ2) is 13.3. The molecule has 2 atom stereocenters. The molecular weight excluding hydrogens is 640 g/mol. The van der Waals surface area contributed by atoms with Crippen molar-refractivity contribution in [2.75, 3.05) is 0 Å². The van der Waals surface area contributed by atoms with Gasteiger partial charge in [0.2, 0.25) is 6.33 Å². The summed E-state index contributed by atoms with van der Waals surface area (Å²) in [6.45, 7) is 3.38. The molecule has 0 radical (unpaired) electrons. The fourth-order valence-corrected chi connectivity index (χ4v) is 5.62. The van der Waals surface area contributed by atoms with Crippen molar-refractivity contribution in [2.24, 2.45) is 0 Å². The topological polar surface area (TPSA) is 105 Å². The lowest BCUT2D eigenvalue weighted by atomic mass is 9.82. The third-order valence-corrected chi connectivity index (χ3v) is 7.93. The third kappa shape index (κ3) is 7.19. The molecule has 0 saturated heterocycles. The van der Waals surface area contributed by atoms with Crippen LogP contribution in [0.25, 0.3) is 11.3 Å². The number of carbonyl (C=O) groups is 1. The zero-order valence-corrected chi connectivity index (χ0v) is 25.5. The lowest BCUT2D eigenvalue weighted by Gasteiger charge is -2.32. The Morgan fingerprint density at radius 3 is 2.53 bits per heavy atom. The molecule has 0 spiro atoms. The number of hydrogen-bond donors (Lipinski definition) is 1. The standard InChI is InChI=1S/C31H26F2N5O3S.BrH/c1-20(30-36-29(16-42-30)24-7-3-22(14-34)4-8-24)31(40,27-12-9-25(32)13-28(27)33)17-38-19-37(18-35-38)15-23-5-10-26(11-6-23)41-21(2)39;/h3-13,16,18-20,40H,15,17H2,1-2H3;1H/q+1;/p-1. The number of benzene rings is 3. The zero-order chi connectivity index (χ0) is 29.9. The molecule has 0 saturated carbocycles. The summed E-state index contributed by atoms with van der Waals surface area (Å²) in [5, 5.41) is 28.0. The summed E-state index contributed by atoms with van der Waals surface area (Å²) in [4.78, 5) is 15.9. The van der Waals surface area contributed by atoms with Crippen LogP contribution in [0.1, 0.15) is 41.5 Å². The first-order valence-corrected chi connectivity index (χ1v) is 13.9. The number of nitriles is 1. The van der Waals surface area contributed by atoms with Crippen LogP contribution < -0.4 is 26.3 Å². The first-order chi connectivity index (χ1) is 20.1. The van der Waals surface area contributed by atoms with Gasteiger partial charge in [0.05, 0.1) is 28.9 Å². The number of aromatic nitrogens is 4. The van der Waals surface area contributed by atoms with Gasteiger partial charge in [0.1, 0.15) is 29.5 Å². The Balaban J connectivity index is 0.00000423. The summed E-state index contributed by atoms with van der Waals surface area (Å²) < 4.78 is 37.4. The van der Waals surface area contributed by atoms with Crippen molar-refractivity contribution in [3.8, 4) is 23.1 Å². The Morgan fingerprint density at radius 1 is 1.16 bits per heavy atom. The van der Waals surface area contributed by atoms with Gasteiger partial charge < -0.3 is 26.8 Å². The molecule has 3 aromatic carbocycles. The monoisotopic (exact) mass is 665 g/mol. The zero-order valence-electron chi connectivity index (χ0n) is 23.1. The third-order valence-electron chi connectivity index (χ3n) is 6.90. The van der Waals surface area contributed by atoms with Gasteiger partial charge in [-0.1, -0.05) is 37.3 Å². The second-order valence-corrected chi connectivity index (χ2v) is 10.8. The van der Waals surface area contributed by atoms with Gasteiger partial charge in [0.25, 0.3) is 6.33 Å². The Kier molecular flexibility index (Phi) is 9.80. The Morgan fingerprint density at radius 2 is 1.88 bits per heavy atom. The van der Waals surface area contributed by atoms with Gasteiger partial charge in [-0.15, -0.1) is 16.0 Å². The van der Waals surface area contributed by atoms with E-state index in [1.54, 1.807) is 60.5 Å². The number of thiazole rings is 1. The number of carbonyl (C=O) groups excluding carboxylic acids is 1. The van der Waals surface area contributed by atoms with Gasteiger partial charge in [-0.05, 0) is 35.9 Å². The number of esters is 1. The molecule has 1 N–H and O–H groups in total. The lowest BCUT2D eigenvalue weighted by Crippen LogP contribution is -3.00. The van der Waals surface area contributed by atoms with Gasteiger partial charge in [-0.3, -0.25) is 4.79 Å². The van der Waals surface area contributed by atoms with E-state index in [9.17, 15) is 14.3 Å². The molecule has 0 aliphatic rings. The first kappa shape index (κ1) is 31.6. The average Bonchev–Trinajstić information content (AvgIpc) is 3.63. The van der Waals surface area contributed by atoms with E-state index in [1.165, 1.54) is 29.0 Å². The molecule has 0 fully saturated rings. The Labute approximate surface area is 261 Å². The van der Waals surface area contributed by atoms with Gasteiger partial charge in [0.15, 0.2) is 0 Å². The van der Waals surface area contributed by atoms with Crippen LogP contribution in [0.4, 0.5) is 8.78 Å². The van der Waals surface area contributed by atoms with Gasteiger partial charge in [-0.25, -0.2) is 18.3 Å². The second-order valence-electron chi connectivity index (χ2n) is 9.88. The number of nitrogens with zero attached hydrogens (tertiary/aromatic N) is 5. The van der Waals surface area contributed by atoms with Crippen LogP contribution in [-0.2, 0) is 23.5 Å². The summed E-state index contributed by atoms with van der Waals surface area (Å²) in [7, 11) is 0. The minimum absolute atomic E-state index is 0. The molecule has 220 valence electrons. The van der Waals surface area contributed by atoms with E-state index >= 15 is 4.39 Å². The molecule has 5 rings (SSSR count). The maximum absolute atomic E-state index is 15.2. The van der Waals surface area contributed by atoms with Gasteiger partial charge in [0, 0.05) is 40.5 Å². The molecule has 43 heavy (non-hydrogen) atoms. The fraction of sp³-hybridized carbons (Fsp3) is 0.194. The number of rotatable bonds is 9. The number of aliphatic hydroxyl groups is 1. The summed E-state index contributed by atoms with van der Waals surface area (Å²) in [6, 6.07) is 19.2. The van der Waals surface area contributed by atoms with Crippen LogP contribution in [0.5, 0.6) is 5.75 Å². The van der Waals surface area contributed by atoms with Crippen molar-refractivity contribution in [3.05, 3.63) is 118 Å². The maximum Gasteiger partial charge on any atom is 0.308 e. The van der Waals surface area contributed by atoms with Crippen molar-refractivity contribution >= 4 is 17.3 Å². The molecule has 2 unspecified atom stereocenters. The number of halogens is 3. The van der Waals surface area contributed by atoms with E-state index in [2.05, 4.69) is 11.2 Å². The minimum atomic E-state index is -1.84. The highest BCUT2D eigenvalue weighted by Gasteiger charge is 2.43. The van der Waals surface area contributed by atoms with Crippen molar-refractivity contribution in [3.63, 3.8) is 0 Å². The molecule has 0 bridgehead atoms. The van der Waals surface area contributed by atoms with E-state index in [0.29, 0.717) is 28.6 Å². The van der Waals surface area contributed by atoms with Crippen LogP contribution in [0.15, 0.2) is 84.8 Å². The molecule has 2 heterocycles. The van der Waals surface area contributed by atoms with E-state index in [0.717, 1.165) is 23.3 Å². The smallest absolute Gasteiger partial charge is 0.308 e. The van der Waals surface area contributed by atoms with Gasteiger partial charge >= 0.3 is 5.97 Å². The van der Waals surface area contributed by atoms with Crippen molar-refractivity contribution in [1.82, 2.24) is 14.8 Å². The van der Waals surface area contributed by atoms with Crippen LogP contribution >= 0.6 is 11.3 Å². The van der Waals surface area contributed by atoms with Crippen LogP contribution in [0.2, 0.25) is 0 Å². The Hall–Kier alpha value is -4.31. The SMILES string of the molecule is CC(=O)Oc1ccc(C[n+]2cnn(CC(O)(c3ccc(F)cc3F)C(C)c3nc(-c4ccc(C#N)cc4)cs3)c2)cc1.[Br-]. The summed E-state index contributed by atoms with van der Waals surface area (Å²) in [5.74, 6) is -2.29. The van der Waals surface area contributed by atoms with E-state index in [-0.39, 0.29) is 29.1 Å². The van der Waals surface area contributed by atoms with Crippen LogP contribution in [0, 0.1) is 23.0 Å². The van der Waals surface area contributed by atoms with E-state index < -0.39 is 29.1 Å². The predicted molar refractivity (Wildman–Crippen MR) is 150 cm³/mol.